The van der Waals surface area contributed by atoms with Crippen LogP contribution in [0.15, 0.2) is 6.33 Å². The van der Waals surface area contributed by atoms with Crippen LogP contribution < -0.4 is 10.6 Å². The highest BCUT2D eigenvalue weighted by atomic mass is 16.2. The molecule has 0 fully saturated rings. The number of aromatic nitrogens is 2. The van der Waals surface area contributed by atoms with Crippen molar-refractivity contribution in [1.29, 1.82) is 0 Å². The zero-order chi connectivity index (χ0) is 13.2. The lowest BCUT2D eigenvalue weighted by Crippen LogP contribution is -2.09. The van der Waals surface area contributed by atoms with Gasteiger partial charge in [-0.2, -0.15) is 0 Å². The predicted molar refractivity (Wildman–Crippen MR) is 75.0 cm³/mol. The van der Waals surface area contributed by atoms with E-state index in [1.807, 2.05) is 6.92 Å². The third kappa shape index (κ3) is 4.87. The van der Waals surface area contributed by atoms with Crippen LogP contribution in [0.5, 0.6) is 0 Å². The lowest BCUT2D eigenvalue weighted by molar-refractivity contribution is 0.283. The fraction of sp³-hybridized carbons (Fsp3) is 0.692. The smallest absolute Gasteiger partial charge is 0.134 e. The topological polar surface area (TPSA) is 70.1 Å². The van der Waals surface area contributed by atoms with E-state index in [9.17, 15) is 0 Å². The van der Waals surface area contributed by atoms with Gasteiger partial charge in [0.15, 0.2) is 0 Å². The molecule has 0 aliphatic carbocycles. The summed E-state index contributed by atoms with van der Waals surface area (Å²) in [5.41, 5.74) is 1.06. The maximum atomic E-state index is 8.70. The molecular weight excluding hydrogens is 228 g/mol. The Hall–Kier alpha value is -1.36. The molecule has 5 heteroatoms. The fourth-order valence-electron chi connectivity index (χ4n) is 1.67. The van der Waals surface area contributed by atoms with Crippen molar-refractivity contribution >= 4 is 11.6 Å². The number of hydrogen-bond donors (Lipinski definition) is 3. The average Bonchev–Trinajstić information content (AvgIpc) is 2.39. The summed E-state index contributed by atoms with van der Waals surface area (Å²) in [7, 11) is 0. The number of unbranched alkanes of at least 4 members (excludes halogenated alkanes) is 2. The Labute approximate surface area is 109 Å². The molecule has 5 nitrogen and oxygen atoms in total. The number of aliphatic hydroxyl groups excluding tert-OH is 1. The van der Waals surface area contributed by atoms with Gasteiger partial charge in [-0.25, -0.2) is 9.97 Å². The maximum absolute atomic E-state index is 8.70. The summed E-state index contributed by atoms with van der Waals surface area (Å²) >= 11 is 0. The minimum absolute atomic E-state index is 0.275. The van der Waals surface area contributed by atoms with E-state index < -0.39 is 0 Å². The van der Waals surface area contributed by atoms with Gasteiger partial charge in [-0.15, -0.1) is 0 Å². The van der Waals surface area contributed by atoms with Gasteiger partial charge in [0.05, 0.1) is 0 Å². The minimum Gasteiger partial charge on any atom is -0.396 e. The average molecular weight is 252 g/mol. The number of aliphatic hydroxyl groups is 1. The number of rotatable bonds is 9. The van der Waals surface area contributed by atoms with Crippen molar-refractivity contribution in [3.05, 3.63) is 11.9 Å². The van der Waals surface area contributed by atoms with E-state index in [1.165, 1.54) is 0 Å². The van der Waals surface area contributed by atoms with Gasteiger partial charge in [-0.1, -0.05) is 6.92 Å². The lowest BCUT2D eigenvalue weighted by atomic mass is 10.2. The Balaban J connectivity index is 2.44. The van der Waals surface area contributed by atoms with Gasteiger partial charge in [0.25, 0.3) is 0 Å². The Bertz CT molecular complexity index is 344. The molecule has 0 saturated carbocycles. The Morgan fingerprint density at radius 3 is 2.33 bits per heavy atom. The van der Waals surface area contributed by atoms with Gasteiger partial charge >= 0.3 is 0 Å². The van der Waals surface area contributed by atoms with Gasteiger partial charge in [-0.3, -0.25) is 0 Å². The highest BCUT2D eigenvalue weighted by Gasteiger charge is 2.05. The SMILES string of the molecule is CCCNc1ncnc(NCCCCCO)c1C. The van der Waals surface area contributed by atoms with Crippen LogP contribution >= 0.6 is 0 Å². The van der Waals surface area contributed by atoms with Gasteiger partial charge in [-0.05, 0) is 32.6 Å². The van der Waals surface area contributed by atoms with E-state index >= 15 is 0 Å². The molecule has 18 heavy (non-hydrogen) atoms. The van der Waals surface area contributed by atoms with Crippen molar-refractivity contribution in [3.63, 3.8) is 0 Å². The number of anilines is 2. The highest BCUT2D eigenvalue weighted by molar-refractivity contribution is 5.56. The molecule has 0 aliphatic rings. The summed E-state index contributed by atoms with van der Waals surface area (Å²) in [4.78, 5) is 8.49. The first-order valence-electron chi connectivity index (χ1n) is 6.69. The van der Waals surface area contributed by atoms with E-state index in [1.54, 1.807) is 6.33 Å². The molecule has 0 bridgehead atoms. The van der Waals surface area contributed by atoms with E-state index in [-0.39, 0.29) is 6.61 Å². The third-order valence-corrected chi connectivity index (χ3v) is 2.75. The van der Waals surface area contributed by atoms with Gasteiger partial charge in [0.1, 0.15) is 18.0 Å². The van der Waals surface area contributed by atoms with Crippen molar-refractivity contribution in [2.75, 3.05) is 30.3 Å². The Morgan fingerprint density at radius 2 is 1.72 bits per heavy atom. The Morgan fingerprint density at radius 1 is 1.06 bits per heavy atom. The quantitative estimate of drug-likeness (QED) is 0.588. The Kier molecular flexibility index (Phi) is 7.10. The highest BCUT2D eigenvalue weighted by Crippen LogP contribution is 2.18. The molecule has 0 saturated heterocycles. The van der Waals surface area contributed by atoms with Crippen LogP contribution in [0.25, 0.3) is 0 Å². The molecule has 0 spiro atoms. The van der Waals surface area contributed by atoms with E-state index in [4.69, 9.17) is 5.11 Å². The first-order valence-corrected chi connectivity index (χ1v) is 6.69. The summed E-state index contributed by atoms with van der Waals surface area (Å²) in [6, 6.07) is 0. The van der Waals surface area contributed by atoms with E-state index in [0.29, 0.717) is 0 Å². The lowest BCUT2D eigenvalue weighted by Gasteiger charge is -2.12. The molecule has 102 valence electrons. The summed E-state index contributed by atoms with van der Waals surface area (Å²) < 4.78 is 0. The molecule has 1 aromatic heterocycles. The van der Waals surface area contributed by atoms with E-state index in [0.717, 1.165) is 56.0 Å². The molecule has 0 amide bonds. The van der Waals surface area contributed by atoms with Crippen molar-refractivity contribution in [3.8, 4) is 0 Å². The molecule has 0 aromatic carbocycles. The second-order valence-corrected chi connectivity index (χ2v) is 4.33. The predicted octanol–water partition coefficient (Wildman–Crippen LogP) is 2.18. The normalized spacial score (nSPS) is 10.4. The number of nitrogens with zero attached hydrogens (tertiary/aromatic N) is 2. The first kappa shape index (κ1) is 14.7. The molecule has 0 radical (unpaired) electrons. The van der Waals surface area contributed by atoms with Crippen LogP contribution in [-0.2, 0) is 0 Å². The summed E-state index contributed by atoms with van der Waals surface area (Å²) in [6.07, 6.45) is 5.61. The fourth-order valence-corrected chi connectivity index (χ4v) is 1.67. The molecule has 1 rings (SSSR count). The number of hydrogen-bond acceptors (Lipinski definition) is 5. The first-order chi connectivity index (χ1) is 8.79. The molecule has 0 atom stereocenters. The van der Waals surface area contributed by atoms with Crippen LogP contribution in [-0.4, -0.2) is 34.8 Å². The largest absolute Gasteiger partial charge is 0.396 e. The molecular formula is C13H24N4O. The zero-order valence-electron chi connectivity index (χ0n) is 11.4. The van der Waals surface area contributed by atoms with Gasteiger partial charge < -0.3 is 15.7 Å². The molecule has 1 heterocycles. The van der Waals surface area contributed by atoms with Crippen molar-refractivity contribution in [2.24, 2.45) is 0 Å². The van der Waals surface area contributed by atoms with Crippen LogP contribution in [0.2, 0.25) is 0 Å². The second-order valence-electron chi connectivity index (χ2n) is 4.33. The molecule has 1 aromatic rings. The minimum atomic E-state index is 0.275. The van der Waals surface area contributed by atoms with Crippen LogP contribution in [0.1, 0.15) is 38.2 Å². The standard InChI is InChI=1S/C13H24N4O/c1-3-7-14-12-11(2)13(17-10-16-12)15-8-5-4-6-9-18/h10,18H,3-9H2,1-2H3,(H2,14,15,16,17). The van der Waals surface area contributed by atoms with Crippen molar-refractivity contribution in [1.82, 2.24) is 9.97 Å². The maximum Gasteiger partial charge on any atom is 0.134 e. The molecule has 0 unspecified atom stereocenters. The summed E-state index contributed by atoms with van der Waals surface area (Å²) in [5.74, 6) is 1.80. The second kappa shape index (κ2) is 8.69. The third-order valence-electron chi connectivity index (χ3n) is 2.75. The van der Waals surface area contributed by atoms with Crippen molar-refractivity contribution < 1.29 is 5.11 Å². The van der Waals surface area contributed by atoms with E-state index in [2.05, 4.69) is 27.5 Å². The van der Waals surface area contributed by atoms with Crippen LogP contribution in [0, 0.1) is 6.92 Å². The summed E-state index contributed by atoms with van der Waals surface area (Å²) in [5, 5.41) is 15.3. The van der Waals surface area contributed by atoms with Gasteiger partial charge in [0, 0.05) is 25.3 Å². The molecule has 0 aliphatic heterocycles. The zero-order valence-corrected chi connectivity index (χ0v) is 11.4. The van der Waals surface area contributed by atoms with Gasteiger partial charge in [0.2, 0.25) is 0 Å². The summed E-state index contributed by atoms with van der Waals surface area (Å²) in [6.45, 7) is 6.23. The monoisotopic (exact) mass is 252 g/mol. The van der Waals surface area contributed by atoms with Crippen LogP contribution in [0.4, 0.5) is 11.6 Å². The number of nitrogens with one attached hydrogen (secondary N) is 2. The van der Waals surface area contributed by atoms with Crippen LogP contribution in [0.3, 0.4) is 0 Å². The van der Waals surface area contributed by atoms with Crippen molar-refractivity contribution in [2.45, 2.75) is 39.5 Å². The molecule has 3 N–H and O–H groups in total.